The molecule has 0 aliphatic rings. The molecule has 0 N–H and O–H groups in total. The predicted molar refractivity (Wildman–Crippen MR) is 66.0 cm³/mol. The van der Waals surface area contributed by atoms with Gasteiger partial charge in [0.2, 0.25) is 0 Å². The van der Waals surface area contributed by atoms with Crippen molar-refractivity contribution < 1.29 is 26.5 Å². The van der Waals surface area contributed by atoms with Crippen LogP contribution in [0.5, 0.6) is 0 Å². The molecule has 23 heavy (non-hydrogen) atoms. The van der Waals surface area contributed by atoms with Gasteiger partial charge in [-0.3, -0.25) is 10.1 Å². The molecule has 2 aromatic rings. The van der Waals surface area contributed by atoms with Crippen LogP contribution in [0.1, 0.15) is 5.82 Å². The highest BCUT2D eigenvalue weighted by Gasteiger charge is 2.47. The number of hydrogen-bond donors (Lipinski definition) is 0. The number of halogens is 3. The van der Waals surface area contributed by atoms with E-state index >= 15 is 0 Å². The van der Waals surface area contributed by atoms with Crippen molar-refractivity contribution in [3.8, 4) is 11.8 Å². The summed E-state index contributed by atoms with van der Waals surface area (Å²) in [7, 11) is -5.73. The Labute approximate surface area is 125 Å². The minimum atomic E-state index is -5.73. The van der Waals surface area contributed by atoms with Gasteiger partial charge in [-0.15, -0.1) is 5.10 Å². The quantitative estimate of drug-likeness (QED) is 0.604. The first-order chi connectivity index (χ1) is 10.6. The molecular weight excluding hydrogens is 343 g/mol. The van der Waals surface area contributed by atoms with Crippen molar-refractivity contribution in [2.75, 3.05) is 0 Å². The third-order valence-electron chi connectivity index (χ3n) is 2.60. The van der Waals surface area contributed by atoms with Gasteiger partial charge in [0.1, 0.15) is 18.1 Å². The summed E-state index contributed by atoms with van der Waals surface area (Å²) in [5.74, 6) is -0.328. The van der Waals surface area contributed by atoms with Crippen molar-refractivity contribution in [3.05, 3.63) is 40.5 Å². The van der Waals surface area contributed by atoms with Crippen LogP contribution in [-0.2, 0) is 9.84 Å². The van der Waals surface area contributed by atoms with Crippen LogP contribution in [0.25, 0.3) is 5.69 Å². The predicted octanol–water partition coefficient (Wildman–Crippen LogP) is 1.34. The number of nitriles is 1. The van der Waals surface area contributed by atoms with Gasteiger partial charge in [-0.05, 0) is 12.1 Å². The topological polar surface area (TPSA) is 132 Å². The summed E-state index contributed by atoms with van der Waals surface area (Å²) in [5.41, 5.74) is -6.88. The van der Waals surface area contributed by atoms with E-state index in [0.717, 1.165) is 17.1 Å². The van der Waals surface area contributed by atoms with Gasteiger partial charge >= 0.3 is 5.51 Å². The van der Waals surface area contributed by atoms with Crippen molar-refractivity contribution in [2.24, 2.45) is 0 Å². The molecule has 0 spiro atoms. The van der Waals surface area contributed by atoms with Gasteiger partial charge in [0.05, 0.1) is 9.82 Å². The summed E-state index contributed by atoms with van der Waals surface area (Å²) in [6.45, 7) is 0. The monoisotopic (exact) mass is 347 g/mol. The van der Waals surface area contributed by atoms with Crippen molar-refractivity contribution in [2.45, 2.75) is 10.4 Å². The molecular formula is C10H4F3N5O4S. The van der Waals surface area contributed by atoms with E-state index in [-0.39, 0.29) is 17.6 Å². The molecule has 120 valence electrons. The first kappa shape index (κ1) is 16.4. The molecule has 0 radical (unpaired) electrons. The zero-order valence-electron chi connectivity index (χ0n) is 10.7. The molecule has 1 aromatic heterocycles. The van der Waals surface area contributed by atoms with Gasteiger partial charge in [0.25, 0.3) is 21.3 Å². The smallest absolute Gasteiger partial charge is 0.258 e. The van der Waals surface area contributed by atoms with Gasteiger partial charge in [-0.2, -0.15) is 18.4 Å². The highest BCUT2D eigenvalue weighted by atomic mass is 32.2. The van der Waals surface area contributed by atoms with Gasteiger partial charge in [-0.1, -0.05) is 0 Å². The number of rotatable bonds is 3. The minimum Gasteiger partial charge on any atom is -0.258 e. The molecule has 0 aliphatic carbocycles. The Morgan fingerprint density at radius 2 is 2.00 bits per heavy atom. The number of nitro groups is 1. The Kier molecular flexibility index (Phi) is 3.78. The molecule has 2 rings (SSSR count). The molecule has 0 aliphatic heterocycles. The lowest BCUT2D eigenvalue weighted by atomic mass is 10.3. The molecule has 1 heterocycles. The van der Waals surface area contributed by atoms with Crippen molar-refractivity contribution in [1.82, 2.24) is 14.8 Å². The summed E-state index contributed by atoms with van der Waals surface area (Å²) in [4.78, 5) is 12.1. The second-order valence-corrected chi connectivity index (χ2v) is 5.92. The van der Waals surface area contributed by atoms with Crippen molar-refractivity contribution in [1.29, 1.82) is 5.26 Å². The fourth-order valence-electron chi connectivity index (χ4n) is 1.57. The lowest BCUT2D eigenvalue weighted by Crippen LogP contribution is -2.23. The molecule has 13 heteroatoms. The van der Waals surface area contributed by atoms with Crippen molar-refractivity contribution >= 4 is 15.5 Å². The SMILES string of the molecule is N#Cc1ncn(-c2ccc(S(=O)(=O)C(F)(F)F)cc2[N+](=O)[O-])n1. The zero-order valence-corrected chi connectivity index (χ0v) is 11.5. The maximum absolute atomic E-state index is 12.5. The number of nitro benzene ring substituents is 1. The molecule has 1 aromatic carbocycles. The van der Waals surface area contributed by atoms with Crippen molar-refractivity contribution in [3.63, 3.8) is 0 Å². The van der Waals surface area contributed by atoms with Gasteiger partial charge in [-0.25, -0.2) is 18.1 Å². The Balaban J connectivity index is 2.66. The number of alkyl halides is 3. The molecule has 0 fully saturated rings. The van der Waals surface area contributed by atoms with E-state index < -0.39 is 30.9 Å². The van der Waals surface area contributed by atoms with E-state index in [1.807, 2.05) is 0 Å². The number of nitrogens with zero attached hydrogens (tertiary/aromatic N) is 5. The molecule has 0 saturated carbocycles. The summed E-state index contributed by atoms with van der Waals surface area (Å²) >= 11 is 0. The normalized spacial score (nSPS) is 11.9. The molecule has 0 bridgehead atoms. The molecule has 0 atom stereocenters. The fourth-order valence-corrected chi connectivity index (χ4v) is 2.36. The fraction of sp³-hybridized carbons (Fsp3) is 0.100. The number of hydrogen-bond acceptors (Lipinski definition) is 7. The summed E-state index contributed by atoms with van der Waals surface area (Å²) in [6.07, 6.45) is 0.929. The minimum absolute atomic E-state index is 0.270. The maximum Gasteiger partial charge on any atom is 0.501 e. The largest absolute Gasteiger partial charge is 0.501 e. The van der Waals surface area contributed by atoms with Crippen LogP contribution in [-0.4, -0.2) is 33.6 Å². The average molecular weight is 347 g/mol. The first-order valence-electron chi connectivity index (χ1n) is 5.50. The van der Waals surface area contributed by atoms with Crippen LogP contribution in [0.3, 0.4) is 0 Å². The third-order valence-corrected chi connectivity index (χ3v) is 4.08. The Morgan fingerprint density at radius 3 is 2.48 bits per heavy atom. The zero-order chi connectivity index (χ0) is 17.4. The van der Waals surface area contributed by atoms with E-state index in [1.165, 1.54) is 0 Å². The van der Waals surface area contributed by atoms with Crippen LogP contribution >= 0.6 is 0 Å². The van der Waals surface area contributed by atoms with Gasteiger partial charge < -0.3 is 0 Å². The summed E-state index contributed by atoms with van der Waals surface area (Å²) in [6, 6.07) is 3.16. The second-order valence-electron chi connectivity index (χ2n) is 3.98. The third kappa shape index (κ3) is 2.83. The summed E-state index contributed by atoms with van der Waals surface area (Å²) in [5, 5.41) is 23.1. The standard InChI is InChI=1S/C10H4F3N5O4S/c11-10(12,13)23(21,22)6-1-2-7(8(3-6)18(19)20)17-5-15-9(4-14)16-17/h1-3,5H. The Hall–Kier alpha value is -3.01. The molecule has 0 unspecified atom stereocenters. The van der Waals surface area contributed by atoms with E-state index in [1.54, 1.807) is 6.07 Å². The maximum atomic E-state index is 12.5. The van der Waals surface area contributed by atoms with E-state index in [4.69, 9.17) is 5.26 Å². The lowest BCUT2D eigenvalue weighted by molar-refractivity contribution is -0.384. The molecule has 9 nitrogen and oxygen atoms in total. The first-order valence-corrected chi connectivity index (χ1v) is 6.98. The number of sulfone groups is 1. The number of aromatic nitrogens is 3. The van der Waals surface area contributed by atoms with Crippen LogP contribution in [0.4, 0.5) is 18.9 Å². The lowest BCUT2D eigenvalue weighted by Gasteiger charge is -2.09. The van der Waals surface area contributed by atoms with Gasteiger partial charge in [0.15, 0.2) is 0 Å². The van der Waals surface area contributed by atoms with Crippen LogP contribution in [0.2, 0.25) is 0 Å². The summed E-state index contributed by atoms with van der Waals surface area (Å²) < 4.78 is 60.9. The number of benzene rings is 1. The Morgan fingerprint density at radius 1 is 1.35 bits per heavy atom. The molecule has 0 amide bonds. The van der Waals surface area contributed by atoms with E-state index in [2.05, 4.69) is 10.1 Å². The van der Waals surface area contributed by atoms with Crippen LogP contribution < -0.4 is 0 Å². The average Bonchev–Trinajstić information content (AvgIpc) is 2.94. The molecule has 0 saturated heterocycles. The van der Waals surface area contributed by atoms with Crippen LogP contribution in [0, 0.1) is 21.4 Å². The Bertz CT molecular complexity index is 929. The highest BCUT2D eigenvalue weighted by molar-refractivity contribution is 7.92. The second kappa shape index (κ2) is 5.32. The van der Waals surface area contributed by atoms with Crippen LogP contribution in [0.15, 0.2) is 29.4 Å². The van der Waals surface area contributed by atoms with E-state index in [0.29, 0.717) is 6.07 Å². The van der Waals surface area contributed by atoms with E-state index in [9.17, 15) is 31.7 Å². The van der Waals surface area contributed by atoms with Gasteiger partial charge in [0, 0.05) is 6.07 Å². The highest BCUT2D eigenvalue weighted by Crippen LogP contribution is 2.33.